The Labute approximate surface area is 145 Å². The first-order valence-electron chi connectivity index (χ1n) is 8.41. The highest BCUT2D eigenvalue weighted by Crippen LogP contribution is 2.24. The maximum absolute atomic E-state index is 12.8. The molecule has 1 unspecified atom stereocenters. The van der Waals surface area contributed by atoms with Gasteiger partial charge in [-0.3, -0.25) is 19.5 Å². The number of hydrogen-bond acceptors (Lipinski definition) is 6. The van der Waals surface area contributed by atoms with Crippen LogP contribution in [0.15, 0.2) is 35.4 Å². The second-order valence-electron chi connectivity index (χ2n) is 6.09. The van der Waals surface area contributed by atoms with Crippen molar-refractivity contribution in [2.45, 2.75) is 25.3 Å². The summed E-state index contributed by atoms with van der Waals surface area (Å²) in [5.74, 6) is 0.570. The molecule has 8 nitrogen and oxygen atoms in total. The Kier molecular flexibility index (Phi) is 5.39. The first-order chi connectivity index (χ1) is 12.1. The lowest BCUT2D eigenvalue weighted by molar-refractivity contribution is -0.126. The minimum atomic E-state index is -0.343. The Morgan fingerprint density at radius 3 is 2.88 bits per heavy atom. The van der Waals surface area contributed by atoms with Gasteiger partial charge in [0.25, 0.3) is 5.56 Å². The number of nitrogens with zero attached hydrogens (tertiary/aromatic N) is 3. The Bertz CT molecular complexity index is 770. The van der Waals surface area contributed by atoms with E-state index in [1.807, 2.05) is 12.1 Å². The van der Waals surface area contributed by atoms with Crippen LogP contribution in [0.2, 0.25) is 0 Å². The molecule has 0 aliphatic carbocycles. The monoisotopic (exact) mass is 342 g/mol. The van der Waals surface area contributed by atoms with Crippen LogP contribution in [0.25, 0.3) is 0 Å². The van der Waals surface area contributed by atoms with Crippen LogP contribution in [0, 0.1) is 0 Å². The molecular formula is C17H22N6O2. The molecule has 0 aromatic carbocycles. The zero-order chi connectivity index (χ0) is 17.6. The number of anilines is 1. The Balaban J connectivity index is 1.65. The van der Waals surface area contributed by atoms with Crippen molar-refractivity contribution in [3.8, 4) is 0 Å². The highest BCUT2D eigenvalue weighted by Gasteiger charge is 2.29. The third-order valence-corrected chi connectivity index (χ3v) is 4.23. The summed E-state index contributed by atoms with van der Waals surface area (Å²) >= 11 is 0. The highest BCUT2D eigenvalue weighted by molar-refractivity contribution is 5.83. The van der Waals surface area contributed by atoms with Gasteiger partial charge in [0, 0.05) is 31.4 Å². The third-order valence-electron chi connectivity index (χ3n) is 4.23. The van der Waals surface area contributed by atoms with E-state index in [1.165, 1.54) is 6.07 Å². The van der Waals surface area contributed by atoms with E-state index in [9.17, 15) is 9.59 Å². The molecule has 1 saturated heterocycles. The number of aromatic nitrogens is 3. The molecule has 1 aliphatic heterocycles. The number of carbonyl (C=O) groups is 1. The van der Waals surface area contributed by atoms with E-state index in [0.717, 1.165) is 31.5 Å². The number of carbonyl (C=O) groups excluding carboxylic acids is 1. The van der Waals surface area contributed by atoms with E-state index >= 15 is 0 Å². The standard InChI is InChI=1S/C17H22N6O2/c18-13-10-15(24)22-14(21-13)5-7-20-17(25)16(23-8-1-2-9-23)12-4-3-6-19-11-12/h3-4,6,10-11,16H,1-2,5,7-9H2,(H,20,25)(H3,18,21,22,24). The van der Waals surface area contributed by atoms with Crippen molar-refractivity contribution in [1.29, 1.82) is 0 Å². The maximum atomic E-state index is 12.8. The van der Waals surface area contributed by atoms with Gasteiger partial charge >= 0.3 is 0 Å². The first-order valence-corrected chi connectivity index (χ1v) is 8.41. The summed E-state index contributed by atoms with van der Waals surface area (Å²) in [5, 5.41) is 2.93. The lowest BCUT2D eigenvalue weighted by atomic mass is 10.1. The van der Waals surface area contributed by atoms with E-state index < -0.39 is 0 Å². The fourth-order valence-electron chi connectivity index (χ4n) is 3.11. The third kappa shape index (κ3) is 4.42. The van der Waals surface area contributed by atoms with Gasteiger partial charge in [-0.2, -0.15) is 0 Å². The second kappa shape index (κ2) is 7.89. The fraction of sp³-hybridized carbons (Fsp3) is 0.412. The van der Waals surface area contributed by atoms with Gasteiger partial charge in [-0.05, 0) is 37.6 Å². The molecule has 1 atom stereocenters. The summed E-state index contributed by atoms with van der Waals surface area (Å²) < 4.78 is 0. The molecule has 2 aromatic rings. The number of aromatic amines is 1. The van der Waals surface area contributed by atoms with Crippen LogP contribution in [-0.4, -0.2) is 45.4 Å². The number of H-pyrrole nitrogens is 1. The van der Waals surface area contributed by atoms with Gasteiger partial charge in [-0.25, -0.2) is 4.98 Å². The molecule has 1 amide bonds. The molecule has 3 heterocycles. The van der Waals surface area contributed by atoms with Gasteiger partial charge in [-0.1, -0.05) is 6.07 Å². The van der Waals surface area contributed by atoms with Gasteiger partial charge in [0.15, 0.2) is 0 Å². The molecule has 25 heavy (non-hydrogen) atoms. The summed E-state index contributed by atoms with van der Waals surface area (Å²) in [6.07, 6.45) is 6.03. The average Bonchev–Trinajstić information content (AvgIpc) is 3.09. The number of rotatable bonds is 6. The molecule has 1 fully saturated rings. The lowest BCUT2D eigenvalue weighted by Gasteiger charge is -2.26. The topological polar surface area (TPSA) is 117 Å². The van der Waals surface area contributed by atoms with E-state index in [2.05, 4.69) is 25.2 Å². The number of nitrogens with one attached hydrogen (secondary N) is 2. The number of hydrogen-bond donors (Lipinski definition) is 3. The summed E-state index contributed by atoms with van der Waals surface area (Å²) in [6.45, 7) is 2.17. The van der Waals surface area contributed by atoms with E-state index in [0.29, 0.717) is 18.8 Å². The molecule has 1 aliphatic rings. The average molecular weight is 342 g/mol. The maximum Gasteiger partial charge on any atom is 0.252 e. The normalized spacial score (nSPS) is 15.8. The molecule has 0 saturated carbocycles. The van der Waals surface area contributed by atoms with Crippen LogP contribution < -0.4 is 16.6 Å². The predicted molar refractivity (Wildman–Crippen MR) is 93.8 cm³/mol. The van der Waals surface area contributed by atoms with E-state index in [1.54, 1.807) is 12.4 Å². The quantitative estimate of drug-likeness (QED) is 0.692. The van der Waals surface area contributed by atoms with E-state index in [-0.39, 0.29) is 23.3 Å². The second-order valence-corrected chi connectivity index (χ2v) is 6.09. The van der Waals surface area contributed by atoms with Crippen molar-refractivity contribution in [2.75, 3.05) is 25.4 Å². The predicted octanol–water partition coefficient (Wildman–Crippen LogP) is 0.243. The Morgan fingerprint density at radius 1 is 1.40 bits per heavy atom. The van der Waals surface area contributed by atoms with Gasteiger partial charge < -0.3 is 16.0 Å². The van der Waals surface area contributed by atoms with Gasteiger partial charge in [-0.15, -0.1) is 0 Å². The molecule has 2 aromatic heterocycles. The first kappa shape index (κ1) is 17.1. The molecule has 132 valence electrons. The number of amides is 1. The number of nitrogen functional groups attached to an aromatic ring is 1. The lowest BCUT2D eigenvalue weighted by Crippen LogP contribution is -2.40. The van der Waals surface area contributed by atoms with Crippen molar-refractivity contribution < 1.29 is 4.79 Å². The van der Waals surface area contributed by atoms with Crippen molar-refractivity contribution in [3.63, 3.8) is 0 Å². The zero-order valence-corrected chi connectivity index (χ0v) is 13.9. The largest absolute Gasteiger partial charge is 0.383 e. The van der Waals surface area contributed by atoms with Crippen molar-refractivity contribution in [3.05, 3.63) is 52.3 Å². The summed E-state index contributed by atoms with van der Waals surface area (Å²) in [4.78, 5) is 37.1. The molecule has 0 radical (unpaired) electrons. The van der Waals surface area contributed by atoms with Crippen molar-refractivity contribution >= 4 is 11.7 Å². The summed E-state index contributed by atoms with van der Waals surface area (Å²) in [6, 6.07) is 4.65. The van der Waals surface area contributed by atoms with Crippen molar-refractivity contribution in [2.24, 2.45) is 0 Å². The molecular weight excluding hydrogens is 320 g/mol. The van der Waals surface area contributed by atoms with Gasteiger partial charge in [0.1, 0.15) is 17.7 Å². The Morgan fingerprint density at radius 2 is 2.20 bits per heavy atom. The van der Waals surface area contributed by atoms with Gasteiger partial charge in [0.2, 0.25) is 5.91 Å². The highest BCUT2D eigenvalue weighted by atomic mass is 16.2. The number of pyridine rings is 1. The van der Waals surface area contributed by atoms with Gasteiger partial charge in [0.05, 0.1) is 0 Å². The van der Waals surface area contributed by atoms with Crippen LogP contribution in [0.4, 0.5) is 5.82 Å². The minimum absolute atomic E-state index is 0.0684. The van der Waals surface area contributed by atoms with Crippen LogP contribution >= 0.6 is 0 Å². The van der Waals surface area contributed by atoms with Crippen molar-refractivity contribution in [1.82, 2.24) is 25.2 Å². The number of likely N-dealkylation sites (tertiary alicyclic amines) is 1. The molecule has 8 heteroatoms. The minimum Gasteiger partial charge on any atom is -0.383 e. The van der Waals surface area contributed by atoms with Crippen LogP contribution in [-0.2, 0) is 11.2 Å². The molecule has 0 spiro atoms. The summed E-state index contributed by atoms with van der Waals surface area (Å²) in [5.41, 5.74) is 6.16. The number of nitrogens with two attached hydrogens (primary N) is 1. The molecule has 4 N–H and O–H groups in total. The van der Waals surface area contributed by atoms with E-state index in [4.69, 9.17) is 5.73 Å². The summed E-state index contributed by atoms with van der Waals surface area (Å²) in [7, 11) is 0. The SMILES string of the molecule is Nc1cc(=O)[nH]c(CCNC(=O)C(c2cccnc2)N2CCCC2)n1. The fourth-order valence-corrected chi connectivity index (χ4v) is 3.11. The van der Waals surface area contributed by atoms with Crippen LogP contribution in [0.5, 0.6) is 0 Å². The molecule has 0 bridgehead atoms. The smallest absolute Gasteiger partial charge is 0.252 e. The van der Waals surface area contributed by atoms with Crippen LogP contribution in [0.1, 0.15) is 30.3 Å². The van der Waals surface area contributed by atoms with Crippen LogP contribution in [0.3, 0.4) is 0 Å². The molecule has 3 rings (SSSR count). The Hall–Kier alpha value is -2.74. The zero-order valence-electron chi connectivity index (χ0n) is 13.9.